The van der Waals surface area contributed by atoms with E-state index in [4.69, 9.17) is 0 Å². The minimum absolute atomic E-state index is 0.0499. The zero-order valence-corrected chi connectivity index (χ0v) is 13.4. The molecule has 0 radical (unpaired) electrons. The lowest BCUT2D eigenvalue weighted by atomic mass is 9.70. The molecule has 0 amide bonds. The topological polar surface area (TPSA) is 29.1 Å². The van der Waals surface area contributed by atoms with Crippen LogP contribution in [-0.4, -0.2) is 23.6 Å². The van der Waals surface area contributed by atoms with E-state index in [2.05, 4.69) is 35.7 Å². The normalized spacial score (nSPS) is 33.8. The summed E-state index contributed by atoms with van der Waals surface area (Å²) in [6.45, 7) is 1.01. The average molecular weight is 311 g/mol. The molecule has 2 nitrogen and oxygen atoms in total. The number of carbonyl (C=O) groups excluding carboxylic acids is 1. The van der Waals surface area contributed by atoms with Crippen molar-refractivity contribution in [1.82, 2.24) is 5.32 Å². The molecule has 1 aromatic rings. The number of benzene rings is 1. The van der Waals surface area contributed by atoms with Crippen LogP contribution in [-0.2, 0) is 4.79 Å². The van der Waals surface area contributed by atoms with E-state index in [0.29, 0.717) is 23.7 Å². The van der Waals surface area contributed by atoms with Crippen molar-refractivity contribution < 1.29 is 4.79 Å². The van der Waals surface area contributed by atoms with Gasteiger partial charge in [0, 0.05) is 23.9 Å². The Morgan fingerprint density at radius 3 is 2.91 bits per heavy atom. The molecular formula is C19H21NOS. The van der Waals surface area contributed by atoms with Gasteiger partial charge in [0.1, 0.15) is 5.78 Å². The van der Waals surface area contributed by atoms with Crippen LogP contribution in [0, 0.1) is 11.8 Å². The molecule has 4 rings (SSSR count). The van der Waals surface area contributed by atoms with Crippen LogP contribution in [0.15, 0.2) is 59.0 Å². The van der Waals surface area contributed by atoms with E-state index >= 15 is 0 Å². The molecule has 114 valence electrons. The van der Waals surface area contributed by atoms with Gasteiger partial charge in [-0.25, -0.2) is 0 Å². The molecule has 4 unspecified atom stereocenters. The molecule has 0 aromatic heterocycles. The van der Waals surface area contributed by atoms with Crippen molar-refractivity contribution in [3.8, 4) is 0 Å². The Labute approximate surface area is 136 Å². The van der Waals surface area contributed by atoms with Crippen LogP contribution in [0.4, 0.5) is 0 Å². The van der Waals surface area contributed by atoms with Crippen molar-refractivity contribution in [3.05, 3.63) is 54.1 Å². The molecule has 2 aliphatic carbocycles. The number of ketones is 1. The summed E-state index contributed by atoms with van der Waals surface area (Å²) in [4.78, 5) is 13.7. The Morgan fingerprint density at radius 2 is 2.05 bits per heavy atom. The lowest BCUT2D eigenvalue weighted by Gasteiger charge is -2.46. The predicted octanol–water partition coefficient (Wildman–Crippen LogP) is 3.60. The maximum atomic E-state index is 12.5. The number of allylic oxidation sites excluding steroid dienone is 3. The van der Waals surface area contributed by atoms with Crippen molar-refractivity contribution in [2.45, 2.75) is 35.4 Å². The van der Waals surface area contributed by atoms with Gasteiger partial charge in [-0.15, -0.1) is 11.8 Å². The minimum Gasteiger partial charge on any atom is -0.311 e. The molecule has 3 heteroatoms. The van der Waals surface area contributed by atoms with Crippen LogP contribution in [0.1, 0.15) is 19.3 Å². The van der Waals surface area contributed by atoms with Gasteiger partial charge in [0.15, 0.2) is 0 Å². The number of carbonyl (C=O) groups is 1. The first-order chi connectivity index (χ1) is 10.8. The fourth-order valence-corrected chi connectivity index (χ4v) is 5.33. The highest BCUT2D eigenvalue weighted by Crippen LogP contribution is 2.43. The third-order valence-corrected chi connectivity index (χ3v) is 6.48. The quantitative estimate of drug-likeness (QED) is 0.905. The van der Waals surface area contributed by atoms with Crippen molar-refractivity contribution in [2.75, 3.05) is 6.54 Å². The second kappa shape index (κ2) is 6.05. The first-order valence-electron chi connectivity index (χ1n) is 8.17. The second-order valence-corrected chi connectivity index (χ2v) is 7.64. The van der Waals surface area contributed by atoms with Crippen LogP contribution in [0.5, 0.6) is 0 Å². The molecular weight excluding hydrogens is 290 g/mol. The van der Waals surface area contributed by atoms with Gasteiger partial charge in [-0.1, -0.05) is 42.0 Å². The molecule has 1 heterocycles. The number of hydrogen-bond acceptors (Lipinski definition) is 3. The van der Waals surface area contributed by atoms with Crippen LogP contribution in [0.2, 0.25) is 0 Å². The Kier molecular flexibility index (Phi) is 3.93. The number of Topliss-reactive ketones (excluding diaryl/α,β-unsaturated/α-hetero) is 1. The smallest absolute Gasteiger partial charge is 0.147 e. The van der Waals surface area contributed by atoms with Crippen LogP contribution < -0.4 is 5.32 Å². The van der Waals surface area contributed by atoms with E-state index in [0.717, 1.165) is 25.8 Å². The summed E-state index contributed by atoms with van der Waals surface area (Å²) in [6.07, 6.45) is 9.66. The van der Waals surface area contributed by atoms with E-state index in [1.807, 2.05) is 18.2 Å². The maximum Gasteiger partial charge on any atom is 0.147 e. The predicted molar refractivity (Wildman–Crippen MR) is 90.9 cm³/mol. The van der Waals surface area contributed by atoms with Gasteiger partial charge < -0.3 is 5.32 Å². The van der Waals surface area contributed by atoms with Crippen LogP contribution in [0.3, 0.4) is 0 Å². The van der Waals surface area contributed by atoms with E-state index in [1.165, 1.54) is 4.90 Å². The van der Waals surface area contributed by atoms with Crippen molar-refractivity contribution in [3.63, 3.8) is 0 Å². The lowest BCUT2D eigenvalue weighted by molar-refractivity contribution is -0.121. The van der Waals surface area contributed by atoms with Gasteiger partial charge >= 0.3 is 0 Å². The number of fused-ring (bicyclic) bond motifs is 3. The van der Waals surface area contributed by atoms with Gasteiger partial charge in [0.2, 0.25) is 0 Å². The zero-order chi connectivity index (χ0) is 14.9. The molecule has 22 heavy (non-hydrogen) atoms. The highest BCUT2D eigenvalue weighted by molar-refractivity contribution is 8.00. The van der Waals surface area contributed by atoms with E-state index in [1.54, 1.807) is 17.3 Å². The minimum atomic E-state index is 0.0499. The number of nitrogens with one attached hydrogen (secondary N) is 1. The summed E-state index contributed by atoms with van der Waals surface area (Å²) in [7, 11) is 0. The Hall–Kier alpha value is -1.32. The summed E-state index contributed by atoms with van der Waals surface area (Å²) >= 11 is 1.74. The fourth-order valence-electron chi connectivity index (χ4n) is 4.04. The molecule has 2 fully saturated rings. The molecule has 1 aliphatic heterocycles. The molecule has 1 N–H and O–H groups in total. The van der Waals surface area contributed by atoms with Gasteiger partial charge in [-0.2, -0.15) is 0 Å². The Morgan fingerprint density at radius 1 is 1.18 bits per heavy atom. The van der Waals surface area contributed by atoms with Gasteiger partial charge in [-0.3, -0.25) is 4.79 Å². The summed E-state index contributed by atoms with van der Waals surface area (Å²) in [6, 6.07) is 10.6. The molecule has 0 spiro atoms. The number of piperidine rings is 1. The fraction of sp³-hybridized carbons (Fsp3) is 0.421. The molecule has 1 aromatic carbocycles. The van der Waals surface area contributed by atoms with Crippen molar-refractivity contribution >= 4 is 17.5 Å². The highest BCUT2D eigenvalue weighted by atomic mass is 32.2. The summed E-state index contributed by atoms with van der Waals surface area (Å²) in [5.41, 5.74) is 1.58. The average Bonchev–Trinajstić information content (AvgIpc) is 2.58. The molecule has 3 aliphatic rings. The van der Waals surface area contributed by atoms with E-state index in [9.17, 15) is 4.79 Å². The number of thioether (sulfide) groups is 1. The Balaban J connectivity index is 1.60. The maximum absolute atomic E-state index is 12.5. The SMILES string of the molecule is O=C1CCC2C3=CC=CCC3CNC2C1Sc1ccccc1. The van der Waals surface area contributed by atoms with Crippen molar-refractivity contribution in [1.29, 1.82) is 0 Å². The van der Waals surface area contributed by atoms with Gasteiger partial charge in [0.25, 0.3) is 0 Å². The summed E-state index contributed by atoms with van der Waals surface area (Å²) < 4.78 is 0. The van der Waals surface area contributed by atoms with Gasteiger partial charge in [-0.05, 0) is 36.8 Å². The first kappa shape index (κ1) is 14.3. The highest BCUT2D eigenvalue weighted by Gasteiger charge is 2.44. The largest absolute Gasteiger partial charge is 0.311 e. The lowest BCUT2D eigenvalue weighted by Crippen LogP contribution is -2.56. The first-order valence-corrected chi connectivity index (χ1v) is 9.05. The van der Waals surface area contributed by atoms with Gasteiger partial charge in [0.05, 0.1) is 5.25 Å². The van der Waals surface area contributed by atoms with E-state index < -0.39 is 0 Å². The molecule has 0 bridgehead atoms. The number of hydrogen-bond donors (Lipinski definition) is 1. The van der Waals surface area contributed by atoms with Crippen molar-refractivity contribution in [2.24, 2.45) is 11.8 Å². The van der Waals surface area contributed by atoms with Crippen LogP contribution in [0.25, 0.3) is 0 Å². The van der Waals surface area contributed by atoms with E-state index in [-0.39, 0.29) is 5.25 Å². The second-order valence-electron chi connectivity index (χ2n) is 6.42. The molecule has 4 atom stereocenters. The standard InChI is InChI=1S/C19H21NOS/c21-17-11-10-16-15-9-5-4-6-13(15)12-20-18(16)19(17)22-14-7-2-1-3-8-14/h1-5,7-9,13,16,18-20H,6,10-12H2. The third-order valence-electron chi connectivity index (χ3n) is 5.13. The molecule has 1 saturated heterocycles. The monoisotopic (exact) mass is 311 g/mol. The number of rotatable bonds is 2. The summed E-state index contributed by atoms with van der Waals surface area (Å²) in [5, 5.41) is 3.75. The summed E-state index contributed by atoms with van der Waals surface area (Å²) in [5.74, 6) is 1.58. The molecule has 1 saturated carbocycles. The third kappa shape index (κ3) is 2.57. The zero-order valence-electron chi connectivity index (χ0n) is 12.6. The van der Waals surface area contributed by atoms with Crippen LogP contribution >= 0.6 is 11.8 Å². The Bertz CT molecular complexity index is 622.